The molecule has 1 atom stereocenters. The predicted octanol–water partition coefficient (Wildman–Crippen LogP) is 1.89. The van der Waals surface area contributed by atoms with E-state index in [4.69, 9.17) is 5.14 Å². The first kappa shape index (κ1) is 15.4. The van der Waals surface area contributed by atoms with Gasteiger partial charge in [-0.05, 0) is 62.5 Å². The Morgan fingerprint density at radius 2 is 2.20 bits per heavy atom. The van der Waals surface area contributed by atoms with Gasteiger partial charge in [0.15, 0.2) is 0 Å². The number of nitrogens with two attached hydrogens (primary N) is 1. The Morgan fingerprint density at radius 1 is 1.45 bits per heavy atom. The maximum absolute atomic E-state index is 13.3. The fourth-order valence-electron chi connectivity index (χ4n) is 2.98. The highest BCUT2D eigenvalue weighted by Crippen LogP contribution is 2.24. The summed E-state index contributed by atoms with van der Waals surface area (Å²) in [5.74, 6) is -0.425. The number of aryl methyl sites for hydroxylation is 1. The number of hydrogen-bond acceptors (Lipinski definition) is 3. The van der Waals surface area contributed by atoms with E-state index in [1.165, 1.54) is 18.6 Å². The van der Waals surface area contributed by atoms with Crippen LogP contribution in [0.4, 0.5) is 4.39 Å². The standard InChI is InChI=1S/C14H21FN2O2S/c1-2-17-9-3-4-13(17)7-5-11-10-12(15)6-8-14(11)20(16,18)19/h6,8,10,13H,2-5,7,9H2,1H3,(H2,16,18,19)/t13-/m0/s1. The average molecular weight is 300 g/mol. The lowest BCUT2D eigenvalue weighted by molar-refractivity contribution is 0.255. The molecule has 1 aromatic carbocycles. The molecule has 0 aromatic heterocycles. The summed E-state index contributed by atoms with van der Waals surface area (Å²) in [5, 5.41) is 5.18. The van der Waals surface area contributed by atoms with Gasteiger partial charge < -0.3 is 4.90 Å². The number of sulfonamides is 1. The number of primary sulfonamides is 1. The normalized spacial score (nSPS) is 20.4. The molecule has 0 saturated carbocycles. The summed E-state index contributed by atoms with van der Waals surface area (Å²) in [6.07, 6.45) is 3.65. The zero-order chi connectivity index (χ0) is 14.8. The number of nitrogens with zero attached hydrogens (tertiary/aromatic N) is 1. The molecule has 6 heteroatoms. The van der Waals surface area contributed by atoms with Gasteiger partial charge in [-0.3, -0.25) is 0 Å². The van der Waals surface area contributed by atoms with Gasteiger partial charge in [0.1, 0.15) is 5.82 Å². The van der Waals surface area contributed by atoms with Crippen molar-refractivity contribution in [2.45, 2.75) is 43.5 Å². The van der Waals surface area contributed by atoms with E-state index in [2.05, 4.69) is 11.8 Å². The SMILES string of the molecule is CCN1CCC[C@H]1CCc1cc(F)ccc1S(N)(=O)=O. The summed E-state index contributed by atoms with van der Waals surface area (Å²) in [6.45, 7) is 4.21. The molecular formula is C14H21FN2O2S. The van der Waals surface area contributed by atoms with E-state index in [9.17, 15) is 12.8 Å². The summed E-state index contributed by atoms with van der Waals surface area (Å²) < 4.78 is 36.4. The summed E-state index contributed by atoms with van der Waals surface area (Å²) in [6, 6.07) is 4.13. The minimum atomic E-state index is -3.80. The van der Waals surface area contributed by atoms with Crippen molar-refractivity contribution in [1.29, 1.82) is 0 Å². The molecule has 112 valence electrons. The zero-order valence-electron chi connectivity index (χ0n) is 11.7. The molecule has 1 fully saturated rings. The molecule has 0 amide bonds. The van der Waals surface area contributed by atoms with Crippen molar-refractivity contribution >= 4 is 10.0 Å². The van der Waals surface area contributed by atoms with Gasteiger partial charge in [-0.15, -0.1) is 0 Å². The third-order valence-corrected chi connectivity index (χ3v) is 4.99. The fraction of sp³-hybridized carbons (Fsp3) is 0.571. The molecule has 0 aliphatic carbocycles. The molecule has 0 radical (unpaired) electrons. The minimum Gasteiger partial charge on any atom is -0.301 e. The van der Waals surface area contributed by atoms with Crippen LogP contribution in [0.3, 0.4) is 0 Å². The summed E-state index contributed by atoms with van der Waals surface area (Å²) in [4.78, 5) is 2.43. The molecule has 2 rings (SSSR count). The van der Waals surface area contributed by atoms with E-state index in [0.717, 1.165) is 32.0 Å². The van der Waals surface area contributed by atoms with Crippen molar-refractivity contribution in [2.75, 3.05) is 13.1 Å². The molecular weight excluding hydrogens is 279 g/mol. The molecule has 0 unspecified atom stereocenters. The molecule has 1 saturated heterocycles. The summed E-state index contributed by atoms with van der Waals surface area (Å²) in [5.41, 5.74) is 0.482. The van der Waals surface area contributed by atoms with E-state index in [-0.39, 0.29) is 4.90 Å². The maximum Gasteiger partial charge on any atom is 0.238 e. The average Bonchev–Trinajstić information content (AvgIpc) is 2.82. The Morgan fingerprint density at radius 3 is 2.85 bits per heavy atom. The van der Waals surface area contributed by atoms with Crippen LogP contribution in [0.25, 0.3) is 0 Å². The van der Waals surface area contributed by atoms with Gasteiger partial charge in [0.25, 0.3) is 0 Å². The molecule has 1 heterocycles. The molecule has 1 aliphatic rings. The van der Waals surface area contributed by atoms with Crippen LogP contribution >= 0.6 is 0 Å². The minimum absolute atomic E-state index is 0.0416. The van der Waals surface area contributed by atoms with Crippen LogP contribution in [0.2, 0.25) is 0 Å². The lowest BCUT2D eigenvalue weighted by atomic mass is 10.0. The molecule has 2 N–H and O–H groups in total. The highest BCUT2D eigenvalue weighted by molar-refractivity contribution is 7.89. The highest BCUT2D eigenvalue weighted by atomic mass is 32.2. The van der Waals surface area contributed by atoms with Gasteiger partial charge in [0.2, 0.25) is 10.0 Å². The van der Waals surface area contributed by atoms with Crippen molar-refractivity contribution in [2.24, 2.45) is 5.14 Å². The van der Waals surface area contributed by atoms with Crippen LogP contribution in [-0.4, -0.2) is 32.4 Å². The number of rotatable bonds is 5. The van der Waals surface area contributed by atoms with Crippen molar-refractivity contribution < 1.29 is 12.8 Å². The Balaban J connectivity index is 2.15. The highest BCUT2D eigenvalue weighted by Gasteiger charge is 2.23. The lowest BCUT2D eigenvalue weighted by Crippen LogP contribution is -2.29. The summed E-state index contributed by atoms with van der Waals surface area (Å²) in [7, 11) is -3.80. The van der Waals surface area contributed by atoms with Crippen LogP contribution in [0.1, 0.15) is 31.7 Å². The predicted molar refractivity (Wildman–Crippen MR) is 76.4 cm³/mol. The van der Waals surface area contributed by atoms with Gasteiger partial charge in [-0.2, -0.15) is 0 Å². The van der Waals surface area contributed by atoms with Crippen LogP contribution < -0.4 is 5.14 Å². The van der Waals surface area contributed by atoms with E-state index >= 15 is 0 Å². The van der Waals surface area contributed by atoms with E-state index in [1.54, 1.807) is 0 Å². The third-order valence-electron chi connectivity index (χ3n) is 3.98. The number of halogens is 1. The second kappa shape index (κ2) is 6.20. The Hall–Kier alpha value is -0.980. The second-order valence-corrected chi connectivity index (χ2v) is 6.79. The fourth-order valence-corrected chi connectivity index (χ4v) is 3.77. The number of likely N-dealkylation sites (tertiary alicyclic amines) is 1. The molecule has 0 bridgehead atoms. The lowest BCUT2D eigenvalue weighted by Gasteiger charge is -2.22. The van der Waals surface area contributed by atoms with Gasteiger partial charge in [0, 0.05) is 6.04 Å². The number of benzene rings is 1. The molecule has 1 aliphatic heterocycles. The molecule has 0 spiro atoms. The third kappa shape index (κ3) is 3.56. The first-order valence-electron chi connectivity index (χ1n) is 6.97. The Labute approximate surface area is 119 Å². The Kier molecular flexibility index (Phi) is 4.78. The van der Waals surface area contributed by atoms with Crippen molar-refractivity contribution in [3.63, 3.8) is 0 Å². The smallest absolute Gasteiger partial charge is 0.238 e. The van der Waals surface area contributed by atoms with E-state index < -0.39 is 15.8 Å². The second-order valence-electron chi connectivity index (χ2n) is 5.26. The van der Waals surface area contributed by atoms with Gasteiger partial charge >= 0.3 is 0 Å². The van der Waals surface area contributed by atoms with Gasteiger partial charge in [-0.25, -0.2) is 17.9 Å². The van der Waals surface area contributed by atoms with Crippen molar-refractivity contribution in [3.05, 3.63) is 29.6 Å². The largest absolute Gasteiger partial charge is 0.301 e. The van der Waals surface area contributed by atoms with Gasteiger partial charge in [0.05, 0.1) is 4.90 Å². The Bertz CT molecular complexity index is 575. The van der Waals surface area contributed by atoms with Crippen LogP contribution in [0.15, 0.2) is 23.1 Å². The van der Waals surface area contributed by atoms with Crippen LogP contribution in [0.5, 0.6) is 0 Å². The topological polar surface area (TPSA) is 63.4 Å². The first-order chi connectivity index (χ1) is 9.41. The zero-order valence-corrected chi connectivity index (χ0v) is 12.5. The number of hydrogen-bond donors (Lipinski definition) is 1. The van der Waals surface area contributed by atoms with E-state index in [1.807, 2.05) is 0 Å². The van der Waals surface area contributed by atoms with Crippen molar-refractivity contribution in [3.8, 4) is 0 Å². The molecule has 20 heavy (non-hydrogen) atoms. The monoisotopic (exact) mass is 300 g/mol. The maximum atomic E-state index is 13.3. The van der Waals surface area contributed by atoms with Crippen LogP contribution in [0, 0.1) is 5.82 Å². The molecule has 4 nitrogen and oxygen atoms in total. The quantitative estimate of drug-likeness (QED) is 0.903. The first-order valence-corrected chi connectivity index (χ1v) is 8.51. The van der Waals surface area contributed by atoms with E-state index in [0.29, 0.717) is 18.0 Å². The molecule has 1 aromatic rings. The van der Waals surface area contributed by atoms with Gasteiger partial charge in [-0.1, -0.05) is 6.92 Å². The summed E-state index contributed by atoms with van der Waals surface area (Å²) >= 11 is 0. The van der Waals surface area contributed by atoms with Crippen molar-refractivity contribution in [1.82, 2.24) is 4.90 Å². The van der Waals surface area contributed by atoms with Crippen LogP contribution in [-0.2, 0) is 16.4 Å².